The number of halogens is 1. The van der Waals surface area contributed by atoms with E-state index < -0.39 is 10.0 Å². The highest BCUT2D eigenvalue weighted by Gasteiger charge is 2.10. The third-order valence-corrected chi connectivity index (χ3v) is 4.96. The summed E-state index contributed by atoms with van der Waals surface area (Å²) in [6, 6.07) is 17.4. The molecule has 0 spiro atoms. The van der Waals surface area contributed by atoms with Crippen molar-refractivity contribution in [3.8, 4) is 0 Å². The lowest BCUT2D eigenvalue weighted by Gasteiger charge is -2.07. The van der Waals surface area contributed by atoms with Gasteiger partial charge in [0.2, 0.25) is 10.0 Å². The molecule has 2 aromatic rings. The average Bonchev–Trinajstić information content (AvgIpc) is 2.47. The molecule has 5 heteroatoms. The van der Waals surface area contributed by atoms with E-state index in [4.69, 9.17) is 0 Å². The molecule has 2 aromatic carbocycles. The Bertz CT molecular complexity index is 654. The van der Waals surface area contributed by atoms with Crippen LogP contribution < -0.4 is 4.72 Å². The highest BCUT2D eigenvalue weighted by Crippen LogP contribution is 2.12. The molecule has 0 heterocycles. The third-order valence-electron chi connectivity index (χ3n) is 3.08. The van der Waals surface area contributed by atoms with E-state index in [1.807, 2.05) is 42.5 Å². The van der Waals surface area contributed by atoms with Crippen LogP contribution >= 0.6 is 15.9 Å². The Hall–Kier alpha value is -1.17. The molecule has 0 aromatic heterocycles. The molecule has 0 unspecified atom stereocenters. The number of rotatable bonds is 7. The van der Waals surface area contributed by atoms with Gasteiger partial charge in [0.15, 0.2) is 0 Å². The van der Waals surface area contributed by atoms with Gasteiger partial charge < -0.3 is 0 Å². The predicted molar refractivity (Wildman–Crippen MR) is 89.5 cm³/mol. The van der Waals surface area contributed by atoms with Crippen LogP contribution in [0, 0.1) is 0 Å². The van der Waals surface area contributed by atoms with Crippen molar-refractivity contribution < 1.29 is 8.42 Å². The Labute approximate surface area is 134 Å². The molecule has 0 amide bonds. The lowest BCUT2D eigenvalue weighted by Crippen LogP contribution is -2.26. The molecule has 0 fully saturated rings. The second-order valence-corrected chi connectivity index (χ2v) is 7.59. The number of aryl methyl sites for hydroxylation is 1. The summed E-state index contributed by atoms with van der Waals surface area (Å²) in [5.74, 6) is 0.0195. The first-order chi connectivity index (χ1) is 10.1. The Balaban J connectivity index is 1.77. The Morgan fingerprint density at radius 1 is 0.905 bits per heavy atom. The number of sulfonamides is 1. The van der Waals surface area contributed by atoms with Crippen LogP contribution in [0.2, 0.25) is 0 Å². The maximum absolute atomic E-state index is 12.0. The maximum Gasteiger partial charge on any atom is 0.215 e. The van der Waals surface area contributed by atoms with E-state index in [1.165, 1.54) is 5.56 Å². The van der Waals surface area contributed by atoms with Gasteiger partial charge in [-0.05, 0) is 36.1 Å². The van der Waals surface area contributed by atoms with Crippen LogP contribution in [0.5, 0.6) is 0 Å². The molecule has 0 bridgehead atoms. The van der Waals surface area contributed by atoms with Crippen LogP contribution in [-0.2, 0) is 22.2 Å². The average molecular weight is 368 g/mol. The summed E-state index contributed by atoms with van der Waals surface area (Å²) in [4.78, 5) is 0. The normalized spacial score (nSPS) is 11.5. The summed E-state index contributed by atoms with van der Waals surface area (Å²) in [5.41, 5.74) is 2.01. The van der Waals surface area contributed by atoms with Gasteiger partial charge in [-0.25, -0.2) is 13.1 Å². The SMILES string of the molecule is O=S(=O)(Cc1ccc(Br)cc1)NCCCc1ccccc1. The molecule has 0 atom stereocenters. The Kier molecular flexibility index (Phi) is 5.96. The fourth-order valence-electron chi connectivity index (χ4n) is 2.02. The quantitative estimate of drug-likeness (QED) is 0.761. The van der Waals surface area contributed by atoms with Gasteiger partial charge >= 0.3 is 0 Å². The van der Waals surface area contributed by atoms with Crippen molar-refractivity contribution in [1.29, 1.82) is 0 Å². The van der Waals surface area contributed by atoms with Crippen LogP contribution in [-0.4, -0.2) is 15.0 Å². The van der Waals surface area contributed by atoms with Crippen LogP contribution in [0.1, 0.15) is 17.5 Å². The molecule has 3 nitrogen and oxygen atoms in total. The molecular weight excluding hydrogens is 350 g/mol. The summed E-state index contributed by atoms with van der Waals surface area (Å²) >= 11 is 3.33. The minimum atomic E-state index is -3.27. The first kappa shape index (κ1) is 16.2. The minimum absolute atomic E-state index is 0.0195. The molecule has 112 valence electrons. The maximum atomic E-state index is 12.0. The Morgan fingerprint density at radius 2 is 1.57 bits per heavy atom. The van der Waals surface area contributed by atoms with Crippen molar-refractivity contribution in [2.24, 2.45) is 0 Å². The van der Waals surface area contributed by atoms with Gasteiger partial charge in [0.25, 0.3) is 0 Å². The highest BCUT2D eigenvalue weighted by molar-refractivity contribution is 9.10. The van der Waals surface area contributed by atoms with Crippen molar-refractivity contribution >= 4 is 26.0 Å². The monoisotopic (exact) mass is 367 g/mol. The van der Waals surface area contributed by atoms with E-state index in [0.717, 1.165) is 22.9 Å². The third kappa shape index (κ3) is 5.99. The zero-order valence-corrected chi connectivity index (χ0v) is 14.0. The van der Waals surface area contributed by atoms with Crippen LogP contribution in [0.3, 0.4) is 0 Å². The van der Waals surface area contributed by atoms with E-state index in [1.54, 1.807) is 0 Å². The lowest BCUT2D eigenvalue weighted by atomic mass is 10.1. The van der Waals surface area contributed by atoms with Gasteiger partial charge in [0.1, 0.15) is 0 Å². The largest absolute Gasteiger partial charge is 0.215 e. The van der Waals surface area contributed by atoms with Gasteiger partial charge in [-0.2, -0.15) is 0 Å². The van der Waals surface area contributed by atoms with Crippen LogP contribution in [0.25, 0.3) is 0 Å². The lowest BCUT2D eigenvalue weighted by molar-refractivity contribution is 0.578. The van der Waals surface area contributed by atoms with Crippen molar-refractivity contribution in [2.75, 3.05) is 6.54 Å². The number of hydrogen-bond donors (Lipinski definition) is 1. The zero-order valence-electron chi connectivity index (χ0n) is 11.6. The number of nitrogens with one attached hydrogen (secondary N) is 1. The first-order valence-electron chi connectivity index (χ1n) is 6.81. The minimum Gasteiger partial charge on any atom is -0.215 e. The summed E-state index contributed by atoms with van der Waals surface area (Å²) in [6.45, 7) is 0.466. The smallest absolute Gasteiger partial charge is 0.215 e. The van der Waals surface area contributed by atoms with Crippen LogP contribution in [0.4, 0.5) is 0 Å². The standard InChI is InChI=1S/C16H18BrNO2S/c17-16-10-8-15(9-11-16)13-21(19,20)18-12-4-7-14-5-2-1-3-6-14/h1-3,5-6,8-11,18H,4,7,12-13H2. The van der Waals surface area contributed by atoms with E-state index in [9.17, 15) is 8.42 Å². The van der Waals surface area contributed by atoms with Gasteiger partial charge in [-0.1, -0.05) is 58.4 Å². The molecule has 0 aliphatic carbocycles. The molecule has 0 saturated carbocycles. The Morgan fingerprint density at radius 3 is 2.24 bits per heavy atom. The molecule has 2 rings (SSSR count). The fraction of sp³-hybridized carbons (Fsp3) is 0.250. The van der Waals surface area contributed by atoms with Crippen molar-refractivity contribution in [3.05, 3.63) is 70.2 Å². The van der Waals surface area contributed by atoms with Crippen LogP contribution in [0.15, 0.2) is 59.1 Å². The van der Waals surface area contributed by atoms with Gasteiger partial charge in [0.05, 0.1) is 5.75 Å². The summed E-state index contributed by atoms with van der Waals surface area (Å²) in [5, 5.41) is 0. The molecule has 21 heavy (non-hydrogen) atoms. The van der Waals surface area contributed by atoms with Gasteiger partial charge in [0, 0.05) is 11.0 Å². The first-order valence-corrected chi connectivity index (χ1v) is 9.25. The van der Waals surface area contributed by atoms with E-state index in [-0.39, 0.29) is 5.75 Å². The summed E-state index contributed by atoms with van der Waals surface area (Å²) in [7, 11) is -3.27. The summed E-state index contributed by atoms with van der Waals surface area (Å²) in [6.07, 6.45) is 1.67. The fourth-order valence-corrected chi connectivity index (χ4v) is 3.47. The topological polar surface area (TPSA) is 46.2 Å². The highest BCUT2D eigenvalue weighted by atomic mass is 79.9. The van der Waals surface area contributed by atoms with E-state index >= 15 is 0 Å². The summed E-state index contributed by atoms with van der Waals surface area (Å²) < 4.78 is 27.5. The van der Waals surface area contributed by atoms with Crippen molar-refractivity contribution in [1.82, 2.24) is 4.72 Å². The molecule has 0 saturated heterocycles. The predicted octanol–water partition coefficient (Wildman–Crippen LogP) is 3.50. The van der Waals surface area contributed by atoms with Gasteiger partial charge in [-0.15, -0.1) is 0 Å². The second-order valence-electron chi connectivity index (χ2n) is 4.87. The number of benzene rings is 2. The molecule has 0 aliphatic rings. The zero-order chi connectivity index (χ0) is 15.1. The van der Waals surface area contributed by atoms with Gasteiger partial charge in [-0.3, -0.25) is 0 Å². The molecular formula is C16H18BrNO2S. The second kappa shape index (κ2) is 7.73. The molecule has 0 aliphatic heterocycles. The number of hydrogen-bond acceptors (Lipinski definition) is 2. The molecule has 1 N–H and O–H groups in total. The van der Waals surface area contributed by atoms with Crippen molar-refractivity contribution in [2.45, 2.75) is 18.6 Å². The van der Waals surface area contributed by atoms with Crippen molar-refractivity contribution in [3.63, 3.8) is 0 Å². The van der Waals surface area contributed by atoms with E-state index in [2.05, 4.69) is 32.8 Å². The molecule has 0 radical (unpaired) electrons. The van der Waals surface area contributed by atoms with E-state index in [0.29, 0.717) is 6.54 Å².